The second-order valence-corrected chi connectivity index (χ2v) is 6.54. The molecule has 1 aromatic heterocycles. The molecular weight excluding hydrogens is 384 g/mol. The SMILES string of the molecule is COCCNC(=S)NC(=NCc1ccccc1Cl)Nc1nc(C)cc(C)n1. The van der Waals surface area contributed by atoms with Gasteiger partial charge in [0.15, 0.2) is 5.11 Å². The summed E-state index contributed by atoms with van der Waals surface area (Å²) in [6, 6.07) is 9.45. The molecule has 0 unspecified atom stereocenters. The summed E-state index contributed by atoms with van der Waals surface area (Å²) >= 11 is 11.5. The Hall–Kier alpha value is -2.29. The number of hydrogen-bond acceptors (Lipinski definition) is 5. The molecule has 0 amide bonds. The van der Waals surface area contributed by atoms with E-state index in [2.05, 4.69) is 30.9 Å². The Balaban J connectivity index is 2.15. The molecule has 1 aromatic carbocycles. The summed E-state index contributed by atoms with van der Waals surface area (Å²) in [6.07, 6.45) is 0. The van der Waals surface area contributed by atoms with E-state index in [0.29, 0.717) is 41.7 Å². The third-order valence-corrected chi connectivity index (χ3v) is 4.02. The molecule has 3 N–H and O–H groups in total. The summed E-state index contributed by atoms with van der Waals surface area (Å²) in [7, 11) is 1.63. The first-order valence-corrected chi connectivity index (χ1v) is 9.17. The van der Waals surface area contributed by atoms with Gasteiger partial charge in [0.1, 0.15) is 0 Å². The summed E-state index contributed by atoms with van der Waals surface area (Å²) in [5.41, 5.74) is 2.62. The fourth-order valence-corrected chi connectivity index (χ4v) is 2.60. The zero-order valence-corrected chi connectivity index (χ0v) is 17.1. The standard InChI is InChI=1S/C18H23ClN6OS/c1-12-10-13(2)23-17(22-12)24-16(25-18(27)20-8-9-26-3)21-11-14-6-4-5-7-15(14)19/h4-7,10H,8-9,11H2,1-3H3,(H3,20,21,22,23,24,25,27). The van der Waals surface area contributed by atoms with Crippen LogP contribution in [0.5, 0.6) is 0 Å². The van der Waals surface area contributed by atoms with Crippen LogP contribution in [0.25, 0.3) is 0 Å². The van der Waals surface area contributed by atoms with Gasteiger partial charge < -0.3 is 15.4 Å². The highest BCUT2D eigenvalue weighted by Crippen LogP contribution is 2.15. The number of methoxy groups -OCH3 is 1. The average molecular weight is 407 g/mol. The lowest BCUT2D eigenvalue weighted by Crippen LogP contribution is -2.43. The van der Waals surface area contributed by atoms with Crippen molar-refractivity contribution in [3.8, 4) is 0 Å². The zero-order chi connectivity index (χ0) is 19.6. The van der Waals surface area contributed by atoms with Crippen LogP contribution in [-0.4, -0.2) is 41.3 Å². The van der Waals surface area contributed by atoms with Gasteiger partial charge in [-0.25, -0.2) is 15.0 Å². The average Bonchev–Trinajstić information content (AvgIpc) is 2.60. The lowest BCUT2D eigenvalue weighted by molar-refractivity contribution is 0.204. The molecule has 0 aliphatic heterocycles. The van der Waals surface area contributed by atoms with Gasteiger partial charge in [-0.2, -0.15) is 0 Å². The minimum Gasteiger partial charge on any atom is -0.383 e. The van der Waals surface area contributed by atoms with Crippen LogP contribution in [0.1, 0.15) is 17.0 Å². The third-order valence-electron chi connectivity index (χ3n) is 3.40. The Morgan fingerprint density at radius 3 is 2.59 bits per heavy atom. The number of halogens is 1. The maximum Gasteiger partial charge on any atom is 0.229 e. The van der Waals surface area contributed by atoms with Crippen LogP contribution in [0.3, 0.4) is 0 Å². The summed E-state index contributed by atoms with van der Waals surface area (Å²) in [5, 5.41) is 10.2. The van der Waals surface area contributed by atoms with Gasteiger partial charge in [0, 0.05) is 30.1 Å². The van der Waals surface area contributed by atoms with E-state index in [0.717, 1.165) is 17.0 Å². The van der Waals surface area contributed by atoms with Crippen LogP contribution >= 0.6 is 23.8 Å². The van der Waals surface area contributed by atoms with Crippen molar-refractivity contribution in [3.05, 3.63) is 52.3 Å². The molecule has 0 aliphatic carbocycles. The number of aromatic nitrogens is 2. The molecule has 144 valence electrons. The first-order chi connectivity index (χ1) is 13.0. The van der Waals surface area contributed by atoms with Crippen molar-refractivity contribution in [2.45, 2.75) is 20.4 Å². The van der Waals surface area contributed by atoms with Crippen molar-refractivity contribution in [3.63, 3.8) is 0 Å². The van der Waals surface area contributed by atoms with Crippen molar-refractivity contribution in [1.82, 2.24) is 20.6 Å². The van der Waals surface area contributed by atoms with Gasteiger partial charge in [-0.15, -0.1) is 0 Å². The highest BCUT2D eigenvalue weighted by Gasteiger charge is 2.07. The smallest absolute Gasteiger partial charge is 0.229 e. The minimum atomic E-state index is 0.375. The van der Waals surface area contributed by atoms with E-state index in [1.54, 1.807) is 7.11 Å². The Kier molecular flexibility index (Phi) is 8.38. The molecule has 0 radical (unpaired) electrons. The Morgan fingerprint density at radius 2 is 1.93 bits per heavy atom. The Labute approximate surface area is 169 Å². The monoisotopic (exact) mass is 406 g/mol. The van der Waals surface area contributed by atoms with E-state index in [9.17, 15) is 0 Å². The molecule has 0 fully saturated rings. The molecule has 9 heteroatoms. The van der Waals surface area contributed by atoms with Gasteiger partial charge in [0.05, 0.1) is 13.2 Å². The molecule has 27 heavy (non-hydrogen) atoms. The maximum atomic E-state index is 6.21. The van der Waals surface area contributed by atoms with E-state index in [4.69, 9.17) is 28.6 Å². The highest BCUT2D eigenvalue weighted by atomic mass is 35.5. The van der Waals surface area contributed by atoms with Gasteiger partial charge in [0.2, 0.25) is 11.9 Å². The molecule has 2 rings (SSSR count). The van der Waals surface area contributed by atoms with E-state index >= 15 is 0 Å². The van der Waals surface area contributed by atoms with Crippen LogP contribution in [0.4, 0.5) is 5.95 Å². The zero-order valence-electron chi connectivity index (χ0n) is 15.5. The van der Waals surface area contributed by atoms with Crippen LogP contribution in [0.15, 0.2) is 35.3 Å². The number of thiocarbonyl (C=S) groups is 1. The minimum absolute atomic E-state index is 0.375. The number of aliphatic imine (C=N–C) groups is 1. The summed E-state index contributed by atoms with van der Waals surface area (Å²) in [5.74, 6) is 0.868. The van der Waals surface area contributed by atoms with Gasteiger partial charge in [-0.05, 0) is 43.8 Å². The predicted octanol–water partition coefficient (Wildman–Crippen LogP) is 2.83. The Bertz CT molecular complexity index is 794. The van der Waals surface area contributed by atoms with Crippen molar-refractivity contribution in [1.29, 1.82) is 0 Å². The molecule has 2 aromatic rings. The van der Waals surface area contributed by atoms with Crippen molar-refractivity contribution >= 4 is 40.8 Å². The molecule has 0 bridgehead atoms. The van der Waals surface area contributed by atoms with Gasteiger partial charge in [0.25, 0.3) is 0 Å². The van der Waals surface area contributed by atoms with Crippen molar-refractivity contribution in [2.75, 3.05) is 25.6 Å². The number of guanidine groups is 1. The fourth-order valence-electron chi connectivity index (χ4n) is 2.21. The molecule has 0 saturated carbocycles. The van der Waals surface area contributed by atoms with E-state index in [1.807, 2.05) is 44.2 Å². The lowest BCUT2D eigenvalue weighted by Gasteiger charge is -2.14. The van der Waals surface area contributed by atoms with Crippen LogP contribution in [0, 0.1) is 13.8 Å². The van der Waals surface area contributed by atoms with Gasteiger partial charge >= 0.3 is 0 Å². The molecule has 7 nitrogen and oxygen atoms in total. The highest BCUT2D eigenvalue weighted by molar-refractivity contribution is 7.80. The van der Waals surface area contributed by atoms with Crippen LogP contribution < -0.4 is 16.0 Å². The molecular formula is C18H23ClN6OS. The fraction of sp³-hybridized carbons (Fsp3) is 0.333. The largest absolute Gasteiger partial charge is 0.383 e. The first-order valence-electron chi connectivity index (χ1n) is 8.39. The third kappa shape index (κ3) is 7.46. The number of hydrogen-bond donors (Lipinski definition) is 3. The molecule has 0 atom stereocenters. The van der Waals surface area contributed by atoms with Gasteiger partial charge in [-0.1, -0.05) is 29.8 Å². The quantitative estimate of drug-likeness (QED) is 0.294. The molecule has 0 saturated heterocycles. The first kappa shape index (κ1) is 21.0. The summed E-state index contributed by atoms with van der Waals surface area (Å²) in [6.45, 7) is 5.32. The maximum absolute atomic E-state index is 6.21. The summed E-state index contributed by atoms with van der Waals surface area (Å²) < 4.78 is 5.01. The van der Waals surface area contributed by atoms with Crippen LogP contribution in [0.2, 0.25) is 5.02 Å². The number of ether oxygens (including phenoxy) is 1. The van der Waals surface area contributed by atoms with E-state index < -0.39 is 0 Å². The number of benzene rings is 1. The van der Waals surface area contributed by atoms with Crippen LogP contribution in [-0.2, 0) is 11.3 Å². The van der Waals surface area contributed by atoms with Crippen molar-refractivity contribution in [2.24, 2.45) is 4.99 Å². The summed E-state index contributed by atoms with van der Waals surface area (Å²) in [4.78, 5) is 13.3. The van der Waals surface area contributed by atoms with E-state index in [1.165, 1.54) is 0 Å². The van der Waals surface area contributed by atoms with Crippen molar-refractivity contribution < 1.29 is 4.74 Å². The van der Waals surface area contributed by atoms with Gasteiger partial charge in [-0.3, -0.25) is 5.32 Å². The molecule has 1 heterocycles. The second-order valence-electron chi connectivity index (χ2n) is 5.73. The number of nitrogens with zero attached hydrogens (tertiary/aromatic N) is 3. The number of rotatable bonds is 6. The Morgan fingerprint density at radius 1 is 1.22 bits per heavy atom. The lowest BCUT2D eigenvalue weighted by atomic mass is 10.2. The molecule has 0 spiro atoms. The normalized spacial score (nSPS) is 11.2. The topological polar surface area (TPSA) is 83.5 Å². The number of anilines is 1. The number of aryl methyl sites for hydroxylation is 2. The predicted molar refractivity (Wildman–Crippen MR) is 113 cm³/mol. The molecule has 0 aliphatic rings. The van der Waals surface area contributed by atoms with E-state index in [-0.39, 0.29) is 0 Å². The number of nitrogens with one attached hydrogen (secondary N) is 3. The second kappa shape index (κ2) is 10.8.